The summed E-state index contributed by atoms with van der Waals surface area (Å²) in [5.74, 6) is 3.67. The predicted molar refractivity (Wildman–Crippen MR) is 152 cm³/mol. The fraction of sp³-hybridized carbons (Fsp3) is 0.0857. The molecule has 0 radical (unpaired) electrons. The molecule has 1 heteroatoms. The Morgan fingerprint density at radius 1 is 0.444 bits per heavy atom. The molecule has 170 valence electrons. The van der Waals surface area contributed by atoms with Crippen LogP contribution in [-0.2, 0) is 0 Å². The summed E-state index contributed by atoms with van der Waals surface area (Å²) in [7, 11) is -2.43. The van der Waals surface area contributed by atoms with Crippen LogP contribution in [0.25, 0.3) is 22.3 Å². The van der Waals surface area contributed by atoms with Gasteiger partial charge >= 0.3 is 0 Å². The van der Waals surface area contributed by atoms with Gasteiger partial charge in [-0.15, -0.1) is 5.54 Å². The molecule has 0 bridgehead atoms. The lowest BCUT2D eigenvalue weighted by atomic mass is 10.1. The second-order valence-electron chi connectivity index (χ2n) is 10.1. The first-order valence-corrected chi connectivity index (χ1v) is 15.4. The molecule has 5 aromatic rings. The summed E-state index contributed by atoms with van der Waals surface area (Å²) in [5.41, 5.74) is 17.0. The minimum Gasteiger partial charge on any atom is -0.124 e. The zero-order valence-corrected chi connectivity index (χ0v) is 21.3. The summed E-state index contributed by atoms with van der Waals surface area (Å²) in [5, 5.41) is 0. The minimum absolute atomic E-state index is 0.297. The fourth-order valence-electron chi connectivity index (χ4n) is 6.64. The van der Waals surface area contributed by atoms with E-state index >= 15 is 0 Å². The lowest BCUT2D eigenvalue weighted by Crippen LogP contribution is -2.44. The van der Waals surface area contributed by atoms with E-state index in [1.807, 2.05) is 0 Å². The lowest BCUT2D eigenvalue weighted by Gasteiger charge is -2.36. The van der Waals surface area contributed by atoms with Gasteiger partial charge in [-0.3, -0.25) is 0 Å². The van der Waals surface area contributed by atoms with Crippen LogP contribution in [0.2, 0.25) is 6.55 Å². The van der Waals surface area contributed by atoms with Crippen LogP contribution in [-0.4, -0.2) is 8.07 Å². The molecule has 0 heterocycles. The van der Waals surface area contributed by atoms with Crippen molar-refractivity contribution in [2.24, 2.45) is 0 Å². The van der Waals surface area contributed by atoms with Gasteiger partial charge in [0, 0.05) is 16.6 Å². The van der Waals surface area contributed by atoms with Crippen LogP contribution in [0.4, 0.5) is 0 Å². The van der Waals surface area contributed by atoms with Crippen molar-refractivity contribution in [1.82, 2.24) is 0 Å². The molecule has 0 atom stereocenters. The molecule has 0 fully saturated rings. The topological polar surface area (TPSA) is 0 Å². The van der Waals surface area contributed by atoms with Gasteiger partial charge < -0.3 is 0 Å². The molecule has 7 rings (SSSR count). The average Bonchev–Trinajstić information content (AvgIpc) is 3.46. The van der Waals surface area contributed by atoms with E-state index in [4.69, 9.17) is 0 Å². The van der Waals surface area contributed by atoms with Gasteiger partial charge in [-0.05, 0) is 56.6 Å². The van der Waals surface area contributed by atoms with Crippen LogP contribution >= 0.6 is 0 Å². The monoisotopic (exact) mass is 474 g/mol. The van der Waals surface area contributed by atoms with Crippen LogP contribution in [0.5, 0.6) is 0 Å². The molecule has 0 N–H and O–H groups in total. The molecular weight excluding hydrogens is 448 g/mol. The Morgan fingerprint density at radius 2 is 0.778 bits per heavy atom. The van der Waals surface area contributed by atoms with Crippen molar-refractivity contribution in [3.05, 3.63) is 155 Å². The van der Waals surface area contributed by atoms with Crippen LogP contribution in [0.1, 0.15) is 38.9 Å². The molecule has 0 saturated heterocycles. The van der Waals surface area contributed by atoms with Crippen molar-refractivity contribution in [3.63, 3.8) is 0 Å². The lowest BCUT2D eigenvalue weighted by molar-refractivity contribution is 1.03. The molecule has 36 heavy (non-hydrogen) atoms. The number of hydrogen-bond donors (Lipinski definition) is 0. The highest BCUT2D eigenvalue weighted by Crippen LogP contribution is 2.57. The molecule has 0 saturated carbocycles. The summed E-state index contributed by atoms with van der Waals surface area (Å²) >= 11 is 0. The zero-order chi connectivity index (χ0) is 24.1. The van der Waals surface area contributed by atoms with Crippen molar-refractivity contribution < 1.29 is 0 Å². The second kappa shape index (κ2) is 8.23. The molecule has 2 aliphatic rings. The summed E-state index contributed by atoms with van der Waals surface area (Å²) < 4.78 is 0. The third-order valence-electron chi connectivity index (χ3n) is 8.12. The molecular formula is C35H26Si. The maximum atomic E-state index is 4.05. The van der Waals surface area contributed by atoms with Gasteiger partial charge in [0.25, 0.3) is 0 Å². The molecule has 2 aliphatic carbocycles. The Hall–Kier alpha value is -4.12. The minimum atomic E-state index is -2.43. The summed E-state index contributed by atoms with van der Waals surface area (Å²) in [6.45, 7) is 2.54. The normalized spacial score (nSPS) is 13.8. The van der Waals surface area contributed by atoms with Crippen molar-refractivity contribution >= 4 is 8.07 Å². The van der Waals surface area contributed by atoms with Crippen LogP contribution in [0.3, 0.4) is 0 Å². The third-order valence-corrected chi connectivity index (χ3v) is 12.4. The first-order chi connectivity index (χ1) is 17.8. The highest BCUT2D eigenvalue weighted by molar-refractivity contribution is 6.90. The van der Waals surface area contributed by atoms with Gasteiger partial charge in [-0.2, -0.15) is 0 Å². The van der Waals surface area contributed by atoms with Crippen molar-refractivity contribution in [2.75, 3.05) is 0 Å². The van der Waals surface area contributed by atoms with E-state index in [2.05, 4.69) is 145 Å². The maximum Gasteiger partial charge on any atom is 0.159 e. The Morgan fingerprint density at radius 3 is 1.17 bits per heavy atom. The zero-order valence-electron chi connectivity index (χ0n) is 20.3. The van der Waals surface area contributed by atoms with Gasteiger partial charge in [0.15, 0.2) is 8.07 Å². The van der Waals surface area contributed by atoms with Crippen molar-refractivity contribution in [2.45, 2.75) is 17.6 Å². The highest BCUT2D eigenvalue weighted by Gasteiger charge is 2.52. The smallest absolute Gasteiger partial charge is 0.124 e. The van der Waals surface area contributed by atoms with Gasteiger partial charge in [0.2, 0.25) is 0 Å². The Balaban J connectivity index is 1.53. The van der Waals surface area contributed by atoms with Gasteiger partial charge in [0.05, 0.1) is 0 Å². The number of fused-ring (bicyclic) bond motifs is 6. The summed E-state index contributed by atoms with van der Waals surface area (Å²) in [4.78, 5) is 0. The number of hydrogen-bond acceptors (Lipinski definition) is 0. The molecule has 5 aromatic carbocycles. The van der Waals surface area contributed by atoms with E-state index in [0.29, 0.717) is 11.1 Å². The Labute approximate surface area is 214 Å². The Bertz CT molecular complexity index is 1480. The van der Waals surface area contributed by atoms with Gasteiger partial charge in [-0.25, -0.2) is 0 Å². The first kappa shape index (κ1) is 21.2. The highest BCUT2D eigenvalue weighted by atomic mass is 28.3. The largest absolute Gasteiger partial charge is 0.159 e. The van der Waals surface area contributed by atoms with E-state index in [1.54, 1.807) is 0 Å². The maximum absolute atomic E-state index is 4.05. The predicted octanol–water partition coefficient (Wildman–Crippen LogP) is 8.36. The quantitative estimate of drug-likeness (QED) is 0.178. The van der Waals surface area contributed by atoms with E-state index in [9.17, 15) is 0 Å². The van der Waals surface area contributed by atoms with E-state index in [0.717, 1.165) is 5.56 Å². The SMILES string of the molecule is C[Si](C#Cc1ccccc1)(C1c2ccccc2-c2ccccc21)C1c2ccccc2-c2ccccc21. The third kappa shape index (κ3) is 3.08. The van der Waals surface area contributed by atoms with Gasteiger partial charge in [0.1, 0.15) is 0 Å². The van der Waals surface area contributed by atoms with Gasteiger partial charge in [-0.1, -0.05) is 128 Å². The van der Waals surface area contributed by atoms with Crippen LogP contribution in [0.15, 0.2) is 127 Å². The van der Waals surface area contributed by atoms with Crippen molar-refractivity contribution in [3.8, 4) is 33.7 Å². The van der Waals surface area contributed by atoms with Crippen molar-refractivity contribution in [1.29, 1.82) is 0 Å². The van der Waals surface area contributed by atoms with E-state index in [-0.39, 0.29) is 0 Å². The van der Waals surface area contributed by atoms with Crippen LogP contribution < -0.4 is 0 Å². The molecule has 0 unspecified atom stereocenters. The summed E-state index contributed by atoms with van der Waals surface area (Å²) in [6.07, 6.45) is 0. The Kier molecular flexibility index (Phi) is 4.84. The molecule has 0 aliphatic heterocycles. The molecule has 0 aromatic heterocycles. The average molecular weight is 475 g/mol. The standard InChI is InChI=1S/C35H26Si/c1-36(24-23-25-13-3-2-4-14-25,34-30-19-9-5-15-26(30)27-16-6-10-20-31(27)34)35-32-21-11-7-17-28(32)29-18-8-12-22-33(29)35/h2-22,34-35H,1H3. The van der Waals surface area contributed by atoms with Crippen LogP contribution in [0, 0.1) is 11.5 Å². The molecule has 0 nitrogen and oxygen atoms in total. The number of benzene rings is 5. The molecule has 0 amide bonds. The molecule has 0 spiro atoms. The van der Waals surface area contributed by atoms with E-state index in [1.165, 1.54) is 44.5 Å². The fourth-order valence-corrected chi connectivity index (χ4v) is 11.3. The second-order valence-corrected chi connectivity index (χ2v) is 14.1. The summed E-state index contributed by atoms with van der Waals surface area (Å²) in [6, 6.07) is 46.6. The first-order valence-electron chi connectivity index (χ1n) is 12.7. The number of rotatable bonds is 2. The van der Waals surface area contributed by atoms with E-state index < -0.39 is 8.07 Å².